The van der Waals surface area contributed by atoms with Gasteiger partial charge in [0.2, 0.25) is 0 Å². The van der Waals surface area contributed by atoms with Crippen LogP contribution in [0.2, 0.25) is 0 Å². The third-order valence-corrected chi connectivity index (χ3v) is 4.35. The first-order valence-corrected chi connectivity index (χ1v) is 7.76. The van der Waals surface area contributed by atoms with E-state index in [1.54, 1.807) is 0 Å². The normalized spacial score (nSPS) is 24.4. The third kappa shape index (κ3) is 4.79. The first-order chi connectivity index (χ1) is 9.15. The van der Waals surface area contributed by atoms with E-state index in [4.69, 9.17) is 4.74 Å². The van der Waals surface area contributed by atoms with Gasteiger partial charge < -0.3 is 15.0 Å². The summed E-state index contributed by atoms with van der Waals surface area (Å²) in [6, 6.07) is 9.30. The number of nitrogens with zero attached hydrogens (tertiary/aromatic N) is 1. The number of nitrogens with one attached hydrogen (secondary N) is 1. The molecule has 0 aliphatic carbocycles. The van der Waals surface area contributed by atoms with Crippen LogP contribution in [0, 0.1) is 0 Å². The van der Waals surface area contributed by atoms with Gasteiger partial charge in [0.25, 0.3) is 0 Å². The van der Waals surface area contributed by atoms with E-state index in [1.165, 1.54) is 19.4 Å². The van der Waals surface area contributed by atoms with E-state index in [0.717, 1.165) is 23.4 Å². The summed E-state index contributed by atoms with van der Waals surface area (Å²) in [4.78, 5) is 2.43. The molecule has 1 aliphatic rings. The molecule has 2 atom stereocenters. The zero-order chi connectivity index (χ0) is 13.7. The molecule has 2 rings (SSSR count). The molecule has 1 heterocycles. The lowest BCUT2D eigenvalue weighted by Crippen LogP contribution is -2.46. The van der Waals surface area contributed by atoms with Gasteiger partial charge in [0.1, 0.15) is 12.4 Å². The van der Waals surface area contributed by atoms with Gasteiger partial charge >= 0.3 is 0 Å². The minimum Gasteiger partial charge on any atom is -0.492 e. The Morgan fingerprint density at radius 2 is 2.11 bits per heavy atom. The van der Waals surface area contributed by atoms with Crippen LogP contribution in [0.15, 0.2) is 28.7 Å². The maximum Gasteiger partial charge on any atom is 0.119 e. The van der Waals surface area contributed by atoms with Crippen LogP contribution in [0.25, 0.3) is 0 Å². The Balaban J connectivity index is 1.63. The number of ether oxygens (including phenoxy) is 1. The lowest BCUT2D eigenvalue weighted by Gasteiger charge is -2.35. The van der Waals surface area contributed by atoms with Crippen LogP contribution in [0.3, 0.4) is 0 Å². The standard InChI is InChI=1S/C15H23BrN2O/c1-12-11-14(7-9-18(12)2)17-8-10-19-15-5-3-13(16)4-6-15/h3-6,12,14,17H,7-11H2,1-2H3. The van der Waals surface area contributed by atoms with E-state index in [-0.39, 0.29) is 0 Å². The minimum absolute atomic E-state index is 0.639. The summed E-state index contributed by atoms with van der Waals surface area (Å²) in [5, 5.41) is 3.59. The van der Waals surface area contributed by atoms with E-state index >= 15 is 0 Å². The first-order valence-electron chi connectivity index (χ1n) is 6.97. The fourth-order valence-corrected chi connectivity index (χ4v) is 2.70. The van der Waals surface area contributed by atoms with Gasteiger partial charge in [-0.3, -0.25) is 0 Å². The third-order valence-electron chi connectivity index (χ3n) is 3.83. The molecule has 1 aromatic carbocycles. The smallest absolute Gasteiger partial charge is 0.119 e. The molecule has 0 spiro atoms. The number of halogens is 1. The average molecular weight is 327 g/mol. The van der Waals surface area contributed by atoms with Crippen molar-refractivity contribution in [2.24, 2.45) is 0 Å². The SMILES string of the molecule is CC1CC(NCCOc2ccc(Br)cc2)CCN1C. The van der Waals surface area contributed by atoms with Crippen molar-refractivity contribution in [1.29, 1.82) is 0 Å². The molecule has 3 nitrogen and oxygen atoms in total. The van der Waals surface area contributed by atoms with Crippen molar-refractivity contribution in [3.05, 3.63) is 28.7 Å². The van der Waals surface area contributed by atoms with Gasteiger partial charge in [-0.2, -0.15) is 0 Å². The van der Waals surface area contributed by atoms with Crippen LogP contribution in [0.4, 0.5) is 0 Å². The summed E-state index contributed by atoms with van der Waals surface area (Å²) in [5.41, 5.74) is 0. The van der Waals surface area contributed by atoms with Crippen molar-refractivity contribution in [2.45, 2.75) is 31.8 Å². The molecule has 0 bridgehead atoms. The number of benzene rings is 1. The highest BCUT2D eigenvalue weighted by atomic mass is 79.9. The van der Waals surface area contributed by atoms with Crippen LogP contribution in [-0.4, -0.2) is 43.7 Å². The van der Waals surface area contributed by atoms with E-state index in [1.807, 2.05) is 24.3 Å². The molecule has 0 radical (unpaired) electrons. The Morgan fingerprint density at radius 1 is 1.37 bits per heavy atom. The molecule has 106 valence electrons. The Kier molecular flexibility index (Phi) is 5.67. The molecule has 1 fully saturated rings. The van der Waals surface area contributed by atoms with Gasteiger partial charge in [0, 0.05) is 23.1 Å². The molecule has 2 unspecified atom stereocenters. The molecule has 4 heteroatoms. The van der Waals surface area contributed by atoms with Crippen molar-refractivity contribution >= 4 is 15.9 Å². The lowest BCUT2D eigenvalue weighted by atomic mass is 9.99. The number of likely N-dealkylation sites (tertiary alicyclic amines) is 1. The van der Waals surface area contributed by atoms with Crippen molar-refractivity contribution in [2.75, 3.05) is 26.7 Å². The second-order valence-corrected chi connectivity index (χ2v) is 6.22. The van der Waals surface area contributed by atoms with Crippen LogP contribution >= 0.6 is 15.9 Å². The zero-order valence-corrected chi connectivity index (χ0v) is 13.3. The molecule has 0 aromatic heterocycles. The van der Waals surface area contributed by atoms with Crippen LogP contribution in [0.5, 0.6) is 5.75 Å². The Labute approximate surface area is 124 Å². The summed E-state index contributed by atoms with van der Waals surface area (Å²) in [6.45, 7) is 5.12. The summed E-state index contributed by atoms with van der Waals surface area (Å²) in [6.07, 6.45) is 2.47. The van der Waals surface area contributed by atoms with E-state index in [0.29, 0.717) is 12.1 Å². The highest BCUT2D eigenvalue weighted by Crippen LogP contribution is 2.16. The Hall–Kier alpha value is -0.580. The summed E-state index contributed by atoms with van der Waals surface area (Å²) >= 11 is 3.42. The molecule has 1 saturated heterocycles. The highest BCUT2D eigenvalue weighted by molar-refractivity contribution is 9.10. The molecule has 19 heavy (non-hydrogen) atoms. The topological polar surface area (TPSA) is 24.5 Å². The fraction of sp³-hybridized carbons (Fsp3) is 0.600. The summed E-state index contributed by atoms with van der Waals surface area (Å²) < 4.78 is 6.79. The van der Waals surface area contributed by atoms with Crippen molar-refractivity contribution in [1.82, 2.24) is 10.2 Å². The lowest BCUT2D eigenvalue weighted by molar-refractivity contribution is 0.165. The van der Waals surface area contributed by atoms with Gasteiger partial charge in [-0.1, -0.05) is 15.9 Å². The number of rotatable bonds is 5. The van der Waals surface area contributed by atoms with Crippen LogP contribution in [-0.2, 0) is 0 Å². The van der Waals surface area contributed by atoms with Crippen molar-refractivity contribution in [3.8, 4) is 5.75 Å². The van der Waals surface area contributed by atoms with Gasteiger partial charge in [0.05, 0.1) is 0 Å². The predicted octanol–water partition coefficient (Wildman–Crippen LogP) is 2.90. The number of hydrogen-bond donors (Lipinski definition) is 1. The second-order valence-electron chi connectivity index (χ2n) is 5.31. The van der Waals surface area contributed by atoms with Gasteiger partial charge in [-0.25, -0.2) is 0 Å². The summed E-state index contributed by atoms with van der Waals surface area (Å²) in [7, 11) is 2.21. The molecule has 1 aromatic rings. The van der Waals surface area contributed by atoms with E-state index in [9.17, 15) is 0 Å². The molecular weight excluding hydrogens is 304 g/mol. The monoisotopic (exact) mass is 326 g/mol. The van der Waals surface area contributed by atoms with Gasteiger partial charge in [-0.15, -0.1) is 0 Å². The maximum atomic E-state index is 5.71. The molecular formula is C15H23BrN2O. The quantitative estimate of drug-likeness (QED) is 0.842. The van der Waals surface area contributed by atoms with E-state index < -0.39 is 0 Å². The predicted molar refractivity (Wildman–Crippen MR) is 82.8 cm³/mol. The Morgan fingerprint density at radius 3 is 2.79 bits per heavy atom. The Bertz CT molecular complexity index is 382. The summed E-state index contributed by atoms with van der Waals surface area (Å²) in [5.74, 6) is 0.932. The highest BCUT2D eigenvalue weighted by Gasteiger charge is 2.21. The minimum atomic E-state index is 0.639. The van der Waals surface area contributed by atoms with E-state index in [2.05, 4.69) is 40.1 Å². The molecule has 0 amide bonds. The number of hydrogen-bond acceptors (Lipinski definition) is 3. The maximum absolute atomic E-state index is 5.71. The fourth-order valence-electron chi connectivity index (χ4n) is 2.44. The van der Waals surface area contributed by atoms with Gasteiger partial charge in [0.15, 0.2) is 0 Å². The first kappa shape index (κ1) is 14.8. The van der Waals surface area contributed by atoms with Crippen LogP contribution in [0.1, 0.15) is 19.8 Å². The van der Waals surface area contributed by atoms with Crippen LogP contribution < -0.4 is 10.1 Å². The van der Waals surface area contributed by atoms with Gasteiger partial charge in [-0.05, 0) is 57.6 Å². The average Bonchev–Trinajstić information content (AvgIpc) is 2.41. The second kappa shape index (κ2) is 7.27. The molecule has 1 N–H and O–H groups in total. The molecule has 1 aliphatic heterocycles. The largest absolute Gasteiger partial charge is 0.492 e. The number of piperidine rings is 1. The zero-order valence-electron chi connectivity index (χ0n) is 11.7. The molecule has 0 saturated carbocycles. The van der Waals surface area contributed by atoms with Crippen molar-refractivity contribution in [3.63, 3.8) is 0 Å². The van der Waals surface area contributed by atoms with Crippen molar-refractivity contribution < 1.29 is 4.74 Å².